The number of aryl methyl sites for hydroxylation is 3. The Morgan fingerprint density at radius 3 is 2.61 bits per heavy atom. The molecular weight excluding hydrogens is 479 g/mol. The number of nitrogens with one attached hydrogen (secondary N) is 1. The van der Waals surface area contributed by atoms with Crippen molar-refractivity contribution in [2.75, 3.05) is 5.32 Å². The largest absolute Gasteiger partial charge is 0.308 e. The first-order valence-electron chi connectivity index (χ1n) is 11.5. The van der Waals surface area contributed by atoms with Gasteiger partial charge >= 0.3 is 0 Å². The van der Waals surface area contributed by atoms with Crippen molar-refractivity contribution < 1.29 is 9.18 Å². The first-order valence-corrected chi connectivity index (χ1v) is 11.8. The van der Waals surface area contributed by atoms with Crippen molar-refractivity contribution in [3.8, 4) is 11.1 Å². The molecule has 1 N–H and O–H groups in total. The number of fused-ring (bicyclic) bond motifs is 1. The molecule has 3 heterocycles. The first kappa shape index (κ1) is 23.7. The number of anilines is 1. The predicted octanol–water partition coefficient (Wildman–Crippen LogP) is 5.70. The number of halogens is 2. The van der Waals surface area contributed by atoms with Crippen LogP contribution >= 0.6 is 11.6 Å². The fourth-order valence-electron chi connectivity index (χ4n) is 4.33. The molecule has 5 aromatic rings. The molecular formula is C27H24ClFN6O. The highest BCUT2D eigenvalue weighted by Crippen LogP contribution is 2.30. The van der Waals surface area contributed by atoms with E-state index in [0.29, 0.717) is 22.1 Å². The highest BCUT2D eigenvalue weighted by atomic mass is 35.5. The van der Waals surface area contributed by atoms with Crippen molar-refractivity contribution >= 4 is 34.4 Å². The molecule has 0 aliphatic rings. The van der Waals surface area contributed by atoms with Crippen molar-refractivity contribution in [2.45, 2.75) is 33.9 Å². The number of carbonyl (C=O) groups is 1. The molecule has 3 aromatic heterocycles. The summed E-state index contributed by atoms with van der Waals surface area (Å²) >= 11 is 6.15. The lowest BCUT2D eigenvalue weighted by Crippen LogP contribution is -2.20. The van der Waals surface area contributed by atoms with Gasteiger partial charge in [0.25, 0.3) is 0 Å². The van der Waals surface area contributed by atoms with E-state index >= 15 is 0 Å². The first-order chi connectivity index (χ1) is 17.3. The van der Waals surface area contributed by atoms with Crippen LogP contribution in [-0.4, -0.2) is 30.5 Å². The zero-order valence-electron chi connectivity index (χ0n) is 20.1. The number of hydrogen-bond acceptors (Lipinski definition) is 4. The molecule has 0 aliphatic heterocycles. The van der Waals surface area contributed by atoms with Crippen molar-refractivity contribution in [3.05, 3.63) is 94.1 Å². The van der Waals surface area contributed by atoms with Gasteiger partial charge in [-0.2, -0.15) is 10.2 Å². The van der Waals surface area contributed by atoms with E-state index in [4.69, 9.17) is 11.6 Å². The van der Waals surface area contributed by atoms with Crippen LogP contribution in [-0.2, 0) is 17.9 Å². The van der Waals surface area contributed by atoms with Gasteiger partial charge in [-0.1, -0.05) is 47.5 Å². The molecule has 1 amide bonds. The van der Waals surface area contributed by atoms with E-state index < -0.39 is 5.82 Å². The van der Waals surface area contributed by atoms with Crippen molar-refractivity contribution in [3.63, 3.8) is 0 Å². The zero-order valence-corrected chi connectivity index (χ0v) is 20.8. The summed E-state index contributed by atoms with van der Waals surface area (Å²) in [7, 11) is 0. The lowest BCUT2D eigenvalue weighted by molar-refractivity contribution is -0.116. The number of aromatic nitrogens is 5. The molecule has 7 nitrogen and oxygen atoms in total. The quantitative estimate of drug-likeness (QED) is 0.323. The minimum absolute atomic E-state index is 0.0281. The summed E-state index contributed by atoms with van der Waals surface area (Å²) in [5, 5.41) is 13.1. The molecule has 36 heavy (non-hydrogen) atoms. The lowest BCUT2D eigenvalue weighted by Gasteiger charge is -2.08. The maximum absolute atomic E-state index is 14.2. The van der Waals surface area contributed by atoms with E-state index in [9.17, 15) is 9.18 Å². The van der Waals surface area contributed by atoms with Gasteiger partial charge < -0.3 is 5.32 Å². The van der Waals surface area contributed by atoms with Crippen LogP contribution in [0, 0.1) is 26.6 Å². The van der Waals surface area contributed by atoms with Crippen LogP contribution in [0.1, 0.15) is 22.5 Å². The zero-order chi connectivity index (χ0) is 25.4. The highest BCUT2D eigenvalue weighted by Gasteiger charge is 2.17. The molecule has 2 aromatic carbocycles. The summed E-state index contributed by atoms with van der Waals surface area (Å²) in [6.45, 7) is 5.92. The Morgan fingerprint density at radius 2 is 1.83 bits per heavy atom. The second-order valence-electron chi connectivity index (χ2n) is 8.75. The Hall–Kier alpha value is -4.04. The Morgan fingerprint density at radius 1 is 1.03 bits per heavy atom. The fourth-order valence-corrected chi connectivity index (χ4v) is 4.55. The van der Waals surface area contributed by atoms with Crippen LogP contribution in [0.4, 0.5) is 10.2 Å². The third-order valence-corrected chi connectivity index (χ3v) is 6.40. The molecule has 182 valence electrons. The average Bonchev–Trinajstić information content (AvgIpc) is 3.34. The van der Waals surface area contributed by atoms with Crippen LogP contribution in [0.25, 0.3) is 22.2 Å². The van der Waals surface area contributed by atoms with Gasteiger partial charge in [0.1, 0.15) is 12.4 Å². The number of rotatable bonds is 6. The van der Waals surface area contributed by atoms with E-state index in [1.807, 2.05) is 26.0 Å². The third-order valence-electron chi connectivity index (χ3n) is 6.05. The smallest absolute Gasteiger partial charge is 0.247 e. The minimum atomic E-state index is -0.401. The molecule has 0 radical (unpaired) electrons. The van der Waals surface area contributed by atoms with Gasteiger partial charge in [-0.15, -0.1) is 0 Å². The number of nitrogens with zero attached hydrogens (tertiary/aromatic N) is 5. The molecule has 0 unspecified atom stereocenters. The maximum atomic E-state index is 14.2. The Labute approximate surface area is 212 Å². The molecule has 0 spiro atoms. The van der Waals surface area contributed by atoms with Gasteiger partial charge in [-0.3, -0.25) is 9.48 Å². The van der Waals surface area contributed by atoms with E-state index in [1.54, 1.807) is 33.8 Å². The van der Waals surface area contributed by atoms with Gasteiger partial charge in [0, 0.05) is 33.9 Å². The maximum Gasteiger partial charge on any atom is 0.247 e. The Kier molecular flexibility index (Phi) is 6.28. The van der Waals surface area contributed by atoms with Gasteiger partial charge in [0.15, 0.2) is 11.5 Å². The molecule has 0 saturated heterocycles. The second kappa shape index (κ2) is 9.54. The predicted molar refractivity (Wildman–Crippen MR) is 139 cm³/mol. The van der Waals surface area contributed by atoms with Crippen LogP contribution < -0.4 is 5.32 Å². The SMILES string of the molecule is Cc1cccc(-c2ccnc3c2c(C)nn3CC(=O)Nc2cc(C)n(Cc3c(F)cccc3Cl)n2)c1. The molecule has 0 bridgehead atoms. The molecule has 5 rings (SSSR count). The number of benzene rings is 2. The topological polar surface area (TPSA) is 77.6 Å². The molecule has 9 heteroatoms. The summed E-state index contributed by atoms with van der Waals surface area (Å²) in [5.41, 5.74) is 5.79. The van der Waals surface area contributed by atoms with E-state index in [2.05, 4.69) is 45.6 Å². The summed E-state index contributed by atoms with van der Waals surface area (Å²) in [4.78, 5) is 17.4. The van der Waals surface area contributed by atoms with Crippen LogP contribution in [0.3, 0.4) is 0 Å². The number of amides is 1. The van der Waals surface area contributed by atoms with E-state index in [-0.39, 0.29) is 19.0 Å². The van der Waals surface area contributed by atoms with Gasteiger partial charge in [-0.25, -0.2) is 14.1 Å². The van der Waals surface area contributed by atoms with Gasteiger partial charge in [0.2, 0.25) is 5.91 Å². The molecule has 0 fully saturated rings. The second-order valence-corrected chi connectivity index (χ2v) is 9.15. The Balaban J connectivity index is 1.37. The fraction of sp³-hybridized carbons (Fsp3) is 0.185. The molecule has 0 saturated carbocycles. The van der Waals surface area contributed by atoms with Gasteiger partial charge in [0.05, 0.1) is 12.2 Å². The minimum Gasteiger partial charge on any atom is -0.308 e. The molecule has 0 aliphatic carbocycles. The third kappa shape index (κ3) is 4.59. The number of pyridine rings is 1. The van der Waals surface area contributed by atoms with E-state index in [0.717, 1.165) is 33.5 Å². The van der Waals surface area contributed by atoms with Crippen molar-refractivity contribution in [2.24, 2.45) is 0 Å². The Bertz CT molecular complexity index is 1590. The average molecular weight is 503 g/mol. The summed E-state index contributed by atoms with van der Waals surface area (Å²) in [5.74, 6) is -0.330. The van der Waals surface area contributed by atoms with Crippen molar-refractivity contribution in [1.29, 1.82) is 0 Å². The normalized spacial score (nSPS) is 11.2. The van der Waals surface area contributed by atoms with E-state index in [1.165, 1.54) is 6.07 Å². The monoisotopic (exact) mass is 502 g/mol. The number of hydrogen-bond donors (Lipinski definition) is 1. The molecule has 0 atom stereocenters. The summed E-state index contributed by atoms with van der Waals surface area (Å²) < 4.78 is 17.4. The summed E-state index contributed by atoms with van der Waals surface area (Å²) in [6, 6.07) is 16.5. The van der Waals surface area contributed by atoms with Crippen LogP contribution in [0.15, 0.2) is 60.8 Å². The standard InChI is InChI=1S/C27H24ClFN6O/c1-16-6-4-7-19(12-16)20-10-11-30-27-26(20)18(3)32-35(27)15-25(36)31-24-13-17(2)34(33-24)14-21-22(28)8-5-9-23(21)29/h4-13H,14-15H2,1-3H3,(H,31,33,36). The highest BCUT2D eigenvalue weighted by molar-refractivity contribution is 6.31. The van der Waals surface area contributed by atoms with Crippen LogP contribution in [0.2, 0.25) is 5.02 Å². The summed E-state index contributed by atoms with van der Waals surface area (Å²) in [6.07, 6.45) is 1.73. The van der Waals surface area contributed by atoms with Crippen molar-refractivity contribution in [1.82, 2.24) is 24.5 Å². The lowest BCUT2D eigenvalue weighted by atomic mass is 10.0. The van der Waals surface area contributed by atoms with Gasteiger partial charge in [-0.05, 0) is 50.1 Å². The number of carbonyl (C=O) groups excluding carboxylic acids is 1. The van der Waals surface area contributed by atoms with Crippen LogP contribution in [0.5, 0.6) is 0 Å².